The third kappa shape index (κ3) is 3.33. The minimum Gasteiger partial charge on any atom is -0.392 e. The third-order valence-corrected chi connectivity index (χ3v) is 5.42. The molecule has 1 saturated heterocycles. The lowest BCUT2D eigenvalue weighted by molar-refractivity contribution is 0.0776. The van der Waals surface area contributed by atoms with Crippen molar-refractivity contribution in [3.8, 4) is 0 Å². The number of aliphatic hydroxyl groups is 1. The smallest absolute Gasteiger partial charge is 0.276 e. The van der Waals surface area contributed by atoms with Crippen LogP contribution in [0, 0.1) is 5.92 Å². The van der Waals surface area contributed by atoms with Crippen molar-refractivity contribution in [2.75, 3.05) is 13.1 Å². The molecular weight excluding hydrogens is 316 g/mol. The molecular formula is C20H24N2O3. The monoisotopic (exact) mass is 340 g/mol. The van der Waals surface area contributed by atoms with E-state index in [1.54, 1.807) is 0 Å². The van der Waals surface area contributed by atoms with Crippen LogP contribution in [0.25, 0.3) is 0 Å². The van der Waals surface area contributed by atoms with Gasteiger partial charge in [-0.1, -0.05) is 29.4 Å². The second-order valence-corrected chi connectivity index (χ2v) is 7.23. The average Bonchev–Trinajstić information content (AvgIpc) is 3.28. The maximum atomic E-state index is 12.8. The van der Waals surface area contributed by atoms with Gasteiger partial charge in [0.2, 0.25) is 0 Å². The first-order valence-corrected chi connectivity index (χ1v) is 9.20. The van der Waals surface area contributed by atoms with E-state index < -0.39 is 0 Å². The highest BCUT2D eigenvalue weighted by Crippen LogP contribution is 2.28. The molecule has 2 heterocycles. The minimum absolute atomic E-state index is 0.0264. The molecule has 132 valence electrons. The highest BCUT2D eigenvalue weighted by Gasteiger charge is 2.32. The maximum absolute atomic E-state index is 12.8. The van der Waals surface area contributed by atoms with E-state index in [0.29, 0.717) is 11.6 Å². The number of likely N-dealkylation sites (tertiary alicyclic amines) is 1. The zero-order chi connectivity index (χ0) is 17.2. The molecule has 0 unspecified atom stereocenters. The Bertz CT molecular complexity index is 768. The van der Waals surface area contributed by atoms with Gasteiger partial charge in [0, 0.05) is 25.1 Å². The molecule has 0 radical (unpaired) electrons. The molecule has 1 N–H and O–H groups in total. The Balaban J connectivity index is 1.42. The van der Waals surface area contributed by atoms with Crippen molar-refractivity contribution in [1.29, 1.82) is 0 Å². The Labute approximate surface area is 147 Å². The molecule has 1 aliphatic heterocycles. The second kappa shape index (κ2) is 7.00. The summed E-state index contributed by atoms with van der Waals surface area (Å²) < 4.78 is 5.39. The van der Waals surface area contributed by atoms with E-state index in [-0.39, 0.29) is 12.5 Å². The van der Waals surface area contributed by atoms with Crippen molar-refractivity contribution in [2.24, 2.45) is 5.92 Å². The number of fused-ring (bicyclic) bond motifs is 1. The van der Waals surface area contributed by atoms with Crippen molar-refractivity contribution < 1.29 is 14.4 Å². The summed E-state index contributed by atoms with van der Waals surface area (Å²) in [7, 11) is 0. The lowest BCUT2D eigenvalue weighted by Crippen LogP contribution is -2.30. The first-order chi connectivity index (χ1) is 12.2. The number of carbonyl (C=O) groups is 1. The number of aliphatic hydroxyl groups excluding tert-OH is 1. The molecule has 2 aromatic rings. The summed E-state index contributed by atoms with van der Waals surface area (Å²) in [6.07, 6.45) is 5.99. The van der Waals surface area contributed by atoms with Crippen LogP contribution in [0.5, 0.6) is 0 Å². The predicted octanol–water partition coefficient (Wildman–Crippen LogP) is 2.75. The first-order valence-electron chi connectivity index (χ1n) is 9.20. The summed E-state index contributed by atoms with van der Waals surface area (Å²) >= 11 is 0. The van der Waals surface area contributed by atoms with E-state index in [1.165, 1.54) is 5.56 Å². The summed E-state index contributed by atoms with van der Waals surface area (Å²) in [4.78, 5) is 14.8. The fourth-order valence-electron chi connectivity index (χ4n) is 4.07. The standard InChI is InChI=1S/C20H24N2O3/c23-13-16-5-3-4-14(11-16)10-15-8-9-22(12-15)20(24)19-17-6-1-2-7-18(17)25-21-19/h3-5,11,15,23H,1-2,6-10,12-13H2/t15-/m0/s1. The fraction of sp³-hybridized carbons (Fsp3) is 0.500. The number of aryl methyl sites for hydroxylation is 1. The molecule has 1 amide bonds. The predicted molar refractivity (Wildman–Crippen MR) is 93.2 cm³/mol. The normalized spacial score (nSPS) is 19.9. The van der Waals surface area contributed by atoms with Gasteiger partial charge >= 0.3 is 0 Å². The van der Waals surface area contributed by atoms with E-state index in [2.05, 4.69) is 17.3 Å². The van der Waals surface area contributed by atoms with Crippen LogP contribution in [0.2, 0.25) is 0 Å². The molecule has 1 atom stereocenters. The van der Waals surface area contributed by atoms with Crippen molar-refractivity contribution in [3.63, 3.8) is 0 Å². The van der Waals surface area contributed by atoms with E-state index in [0.717, 1.165) is 68.5 Å². The molecule has 0 bridgehead atoms. The zero-order valence-corrected chi connectivity index (χ0v) is 14.4. The number of rotatable bonds is 4. The highest BCUT2D eigenvalue weighted by molar-refractivity contribution is 5.94. The summed E-state index contributed by atoms with van der Waals surface area (Å²) in [6.45, 7) is 1.62. The lowest BCUT2D eigenvalue weighted by atomic mass is 9.96. The molecule has 0 spiro atoms. The van der Waals surface area contributed by atoms with Crippen LogP contribution in [-0.4, -0.2) is 34.2 Å². The summed E-state index contributed by atoms with van der Waals surface area (Å²) in [6, 6.07) is 8.07. The number of nitrogens with zero attached hydrogens (tertiary/aromatic N) is 2. The quantitative estimate of drug-likeness (QED) is 0.929. The van der Waals surface area contributed by atoms with Gasteiger partial charge in [-0.25, -0.2) is 0 Å². The largest absolute Gasteiger partial charge is 0.392 e. The maximum Gasteiger partial charge on any atom is 0.276 e. The van der Waals surface area contributed by atoms with Gasteiger partial charge in [0.05, 0.1) is 6.61 Å². The van der Waals surface area contributed by atoms with Gasteiger partial charge in [-0.2, -0.15) is 0 Å². The number of aromatic nitrogens is 1. The summed E-state index contributed by atoms with van der Waals surface area (Å²) in [5.74, 6) is 1.39. The van der Waals surface area contributed by atoms with E-state index in [9.17, 15) is 9.90 Å². The Morgan fingerprint density at radius 1 is 1.28 bits per heavy atom. The van der Waals surface area contributed by atoms with E-state index >= 15 is 0 Å². The van der Waals surface area contributed by atoms with Gasteiger partial charge in [0.15, 0.2) is 5.69 Å². The van der Waals surface area contributed by atoms with Gasteiger partial charge in [-0.3, -0.25) is 4.79 Å². The number of carbonyl (C=O) groups excluding carboxylic acids is 1. The number of hydrogen-bond acceptors (Lipinski definition) is 4. The van der Waals surface area contributed by atoms with Crippen LogP contribution in [0.1, 0.15) is 52.2 Å². The number of benzene rings is 1. The highest BCUT2D eigenvalue weighted by atomic mass is 16.5. The Morgan fingerprint density at radius 2 is 2.12 bits per heavy atom. The molecule has 1 fully saturated rings. The molecule has 1 aromatic carbocycles. The molecule has 5 nitrogen and oxygen atoms in total. The molecule has 4 rings (SSSR count). The van der Waals surface area contributed by atoms with Crippen molar-refractivity contribution in [2.45, 2.75) is 45.1 Å². The van der Waals surface area contributed by atoms with Crippen molar-refractivity contribution in [3.05, 3.63) is 52.4 Å². The molecule has 1 aromatic heterocycles. The minimum atomic E-state index is 0.0264. The fourth-order valence-corrected chi connectivity index (χ4v) is 4.07. The summed E-state index contributed by atoms with van der Waals surface area (Å²) in [5, 5.41) is 13.4. The number of hydrogen-bond donors (Lipinski definition) is 1. The lowest BCUT2D eigenvalue weighted by Gasteiger charge is -2.17. The first kappa shape index (κ1) is 16.3. The van der Waals surface area contributed by atoms with Crippen LogP contribution in [-0.2, 0) is 25.9 Å². The van der Waals surface area contributed by atoms with Crippen molar-refractivity contribution in [1.82, 2.24) is 10.1 Å². The van der Waals surface area contributed by atoms with Crippen molar-refractivity contribution >= 4 is 5.91 Å². The second-order valence-electron chi connectivity index (χ2n) is 7.23. The zero-order valence-electron chi connectivity index (χ0n) is 14.4. The van der Waals surface area contributed by atoms with Crippen LogP contribution in [0.15, 0.2) is 28.8 Å². The van der Waals surface area contributed by atoms with Crippen LogP contribution >= 0.6 is 0 Å². The molecule has 5 heteroatoms. The molecule has 25 heavy (non-hydrogen) atoms. The van der Waals surface area contributed by atoms with Gasteiger partial charge in [-0.05, 0) is 49.1 Å². The summed E-state index contributed by atoms with van der Waals surface area (Å²) in [5.41, 5.74) is 3.75. The Kier molecular flexibility index (Phi) is 4.57. The Hall–Kier alpha value is -2.14. The number of amides is 1. The van der Waals surface area contributed by atoms with E-state index in [4.69, 9.17) is 4.52 Å². The van der Waals surface area contributed by atoms with Gasteiger partial charge in [0.25, 0.3) is 5.91 Å². The Morgan fingerprint density at radius 3 is 3.00 bits per heavy atom. The van der Waals surface area contributed by atoms with Crippen LogP contribution in [0.4, 0.5) is 0 Å². The third-order valence-electron chi connectivity index (χ3n) is 5.42. The SMILES string of the molecule is O=C(c1noc2c1CCCC2)N1CC[C@@H](Cc2cccc(CO)c2)C1. The average molecular weight is 340 g/mol. The van der Waals surface area contributed by atoms with Gasteiger partial charge < -0.3 is 14.5 Å². The van der Waals surface area contributed by atoms with E-state index in [1.807, 2.05) is 17.0 Å². The van der Waals surface area contributed by atoms with Crippen LogP contribution in [0.3, 0.4) is 0 Å². The van der Waals surface area contributed by atoms with Crippen LogP contribution < -0.4 is 0 Å². The molecule has 1 aliphatic carbocycles. The van der Waals surface area contributed by atoms with Gasteiger partial charge in [0.1, 0.15) is 5.76 Å². The molecule has 0 saturated carbocycles. The van der Waals surface area contributed by atoms with Gasteiger partial charge in [-0.15, -0.1) is 0 Å². The molecule has 2 aliphatic rings. The topological polar surface area (TPSA) is 66.6 Å².